The molecular formula is C32H34ClN7O. The quantitative estimate of drug-likeness (QED) is 0.278. The Balaban J connectivity index is 1.36. The average molecular weight is 568 g/mol. The Morgan fingerprint density at radius 3 is 2.54 bits per heavy atom. The van der Waals surface area contributed by atoms with Gasteiger partial charge in [0.25, 0.3) is 5.56 Å². The Bertz CT molecular complexity index is 1710. The van der Waals surface area contributed by atoms with Crippen LogP contribution in [0.15, 0.2) is 77.6 Å². The summed E-state index contributed by atoms with van der Waals surface area (Å²) in [7, 11) is 0. The fourth-order valence-corrected chi connectivity index (χ4v) is 5.95. The SMILES string of the molecule is CCc1ccc2[nH]c(=O)c(C(c3nnnn3CCc3ccccc3)N3CCN(c4cc(Cl)ccc4C)CC3)cc2c1. The number of rotatable bonds is 8. The van der Waals surface area contributed by atoms with Gasteiger partial charge in [-0.15, -0.1) is 5.10 Å². The number of aromatic amines is 1. The summed E-state index contributed by atoms with van der Waals surface area (Å²) in [6.45, 7) is 7.96. The highest BCUT2D eigenvalue weighted by Gasteiger charge is 2.33. The Morgan fingerprint density at radius 1 is 0.951 bits per heavy atom. The molecule has 41 heavy (non-hydrogen) atoms. The van der Waals surface area contributed by atoms with E-state index in [4.69, 9.17) is 11.6 Å². The van der Waals surface area contributed by atoms with E-state index in [2.05, 4.69) is 74.5 Å². The Labute approximate surface area is 244 Å². The van der Waals surface area contributed by atoms with Gasteiger partial charge in [-0.25, -0.2) is 4.68 Å². The number of benzene rings is 3. The second kappa shape index (κ2) is 11.8. The number of aromatic nitrogens is 5. The Hall–Kier alpha value is -4.01. The van der Waals surface area contributed by atoms with Crippen molar-refractivity contribution in [1.82, 2.24) is 30.1 Å². The number of hydrogen-bond acceptors (Lipinski definition) is 6. The largest absolute Gasteiger partial charge is 0.369 e. The molecule has 2 aromatic heterocycles. The highest BCUT2D eigenvalue weighted by atomic mass is 35.5. The summed E-state index contributed by atoms with van der Waals surface area (Å²) in [5, 5.41) is 14.7. The highest BCUT2D eigenvalue weighted by molar-refractivity contribution is 6.30. The summed E-state index contributed by atoms with van der Waals surface area (Å²) in [6.07, 6.45) is 1.72. The van der Waals surface area contributed by atoms with E-state index in [1.807, 2.05) is 47.1 Å². The maximum absolute atomic E-state index is 13.6. The number of piperazine rings is 1. The van der Waals surface area contributed by atoms with Gasteiger partial charge < -0.3 is 9.88 Å². The van der Waals surface area contributed by atoms with Crippen LogP contribution in [0.3, 0.4) is 0 Å². The van der Waals surface area contributed by atoms with Crippen molar-refractivity contribution < 1.29 is 0 Å². The molecule has 0 spiro atoms. The molecule has 210 valence electrons. The number of nitrogens with one attached hydrogen (secondary N) is 1. The van der Waals surface area contributed by atoms with Crippen LogP contribution in [0.25, 0.3) is 10.9 Å². The maximum atomic E-state index is 13.6. The van der Waals surface area contributed by atoms with Gasteiger partial charge >= 0.3 is 0 Å². The van der Waals surface area contributed by atoms with Gasteiger partial charge in [0.2, 0.25) is 0 Å². The molecule has 0 bridgehead atoms. The van der Waals surface area contributed by atoms with Crippen molar-refractivity contribution in [3.05, 3.63) is 116 Å². The molecule has 1 atom stereocenters. The number of pyridine rings is 1. The summed E-state index contributed by atoms with van der Waals surface area (Å²) in [5.41, 5.74) is 6.17. The van der Waals surface area contributed by atoms with E-state index in [9.17, 15) is 4.79 Å². The summed E-state index contributed by atoms with van der Waals surface area (Å²) in [5.74, 6) is 0.685. The predicted molar refractivity (Wildman–Crippen MR) is 164 cm³/mol. The van der Waals surface area contributed by atoms with Crippen LogP contribution in [0.1, 0.15) is 41.0 Å². The first kappa shape index (κ1) is 27.2. The average Bonchev–Trinajstić information content (AvgIpc) is 3.46. The number of fused-ring (bicyclic) bond motifs is 1. The van der Waals surface area contributed by atoms with Crippen LogP contribution in [0.2, 0.25) is 5.02 Å². The fraction of sp³-hybridized carbons (Fsp3) is 0.312. The molecule has 8 nitrogen and oxygen atoms in total. The van der Waals surface area contributed by atoms with E-state index in [-0.39, 0.29) is 11.6 Å². The molecule has 1 saturated heterocycles. The predicted octanol–water partition coefficient (Wildman–Crippen LogP) is 5.19. The van der Waals surface area contributed by atoms with Crippen molar-refractivity contribution in [2.75, 3.05) is 31.1 Å². The normalized spacial score (nSPS) is 15.0. The second-order valence-corrected chi connectivity index (χ2v) is 11.1. The lowest BCUT2D eigenvalue weighted by Crippen LogP contribution is -2.49. The van der Waals surface area contributed by atoms with Gasteiger partial charge in [-0.05, 0) is 82.6 Å². The monoisotopic (exact) mass is 567 g/mol. The highest BCUT2D eigenvalue weighted by Crippen LogP contribution is 2.31. The molecule has 0 amide bonds. The first-order valence-electron chi connectivity index (χ1n) is 14.2. The zero-order valence-corrected chi connectivity index (χ0v) is 24.2. The standard InChI is InChI=1S/C32H34ClN7O/c1-3-23-10-12-28-25(19-23)20-27(32(41)34-28)30(31-35-36-37-40(31)14-13-24-7-5-4-6-8-24)39-17-15-38(16-18-39)29-21-26(33)11-9-22(29)2/h4-12,19-21,30H,3,13-18H2,1-2H3,(H,34,41). The van der Waals surface area contributed by atoms with Gasteiger partial charge in [0.05, 0.1) is 0 Å². The minimum Gasteiger partial charge on any atom is -0.369 e. The molecule has 0 aliphatic carbocycles. The molecule has 3 aromatic carbocycles. The van der Waals surface area contributed by atoms with Crippen molar-refractivity contribution in [1.29, 1.82) is 0 Å². The number of H-pyrrole nitrogens is 1. The molecular weight excluding hydrogens is 534 g/mol. The molecule has 6 rings (SSSR count). The van der Waals surface area contributed by atoms with Gasteiger partial charge in [-0.3, -0.25) is 9.69 Å². The van der Waals surface area contributed by atoms with E-state index in [0.717, 1.165) is 60.6 Å². The zero-order valence-electron chi connectivity index (χ0n) is 23.4. The molecule has 0 radical (unpaired) electrons. The number of hydrogen-bond donors (Lipinski definition) is 1. The number of halogens is 1. The molecule has 1 aliphatic rings. The Kier molecular flexibility index (Phi) is 7.85. The lowest BCUT2D eigenvalue weighted by molar-refractivity contribution is 0.199. The smallest absolute Gasteiger partial charge is 0.253 e. The third-order valence-electron chi connectivity index (χ3n) is 8.09. The van der Waals surface area contributed by atoms with E-state index >= 15 is 0 Å². The lowest BCUT2D eigenvalue weighted by atomic mass is 10.0. The van der Waals surface area contributed by atoms with Crippen LogP contribution in [-0.4, -0.2) is 56.3 Å². The molecule has 1 aliphatic heterocycles. The van der Waals surface area contributed by atoms with Crippen molar-refractivity contribution in [3.8, 4) is 0 Å². The van der Waals surface area contributed by atoms with Crippen LogP contribution >= 0.6 is 11.6 Å². The van der Waals surface area contributed by atoms with E-state index < -0.39 is 0 Å². The van der Waals surface area contributed by atoms with Crippen LogP contribution < -0.4 is 10.5 Å². The summed E-state index contributed by atoms with van der Waals surface area (Å²) >= 11 is 6.34. The minimum atomic E-state index is -0.387. The Morgan fingerprint density at radius 2 is 1.76 bits per heavy atom. The number of aryl methyl sites for hydroxylation is 4. The molecule has 1 fully saturated rings. The number of tetrazole rings is 1. The zero-order chi connectivity index (χ0) is 28.3. The first-order chi connectivity index (χ1) is 20.0. The van der Waals surface area contributed by atoms with Gasteiger partial charge in [0.1, 0.15) is 6.04 Å². The van der Waals surface area contributed by atoms with Gasteiger partial charge in [-0.2, -0.15) is 0 Å². The molecule has 1 N–H and O–H groups in total. The third kappa shape index (κ3) is 5.76. The maximum Gasteiger partial charge on any atom is 0.253 e. The molecule has 5 aromatic rings. The summed E-state index contributed by atoms with van der Waals surface area (Å²) in [4.78, 5) is 21.5. The van der Waals surface area contributed by atoms with Gasteiger partial charge in [0, 0.05) is 54.5 Å². The topological polar surface area (TPSA) is 82.9 Å². The van der Waals surface area contributed by atoms with Crippen LogP contribution in [0.4, 0.5) is 5.69 Å². The summed E-state index contributed by atoms with van der Waals surface area (Å²) in [6, 6.07) is 24.2. The molecule has 1 unspecified atom stereocenters. The first-order valence-corrected chi connectivity index (χ1v) is 14.6. The van der Waals surface area contributed by atoms with Crippen molar-refractivity contribution >= 4 is 28.2 Å². The van der Waals surface area contributed by atoms with E-state index in [0.29, 0.717) is 17.9 Å². The molecule has 9 heteroatoms. The van der Waals surface area contributed by atoms with Gasteiger partial charge in [-0.1, -0.05) is 61.0 Å². The number of nitrogens with zero attached hydrogens (tertiary/aromatic N) is 6. The van der Waals surface area contributed by atoms with Crippen molar-refractivity contribution in [2.24, 2.45) is 0 Å². The van der Waals surface area contributed by atoms with E-state index in [1.165, 1.54) is 16.7 Å². The fourth-order valence-electron chi connectivity index (χ4n) is 5.79. The third-order valence-corrected chi connectivity index (χ3v) is 8.33. The van der Waals surface area contributed by atoms with Gasteiger partial charge in [0.15, 0.2) is 5.82 Å². The van der Waals surface area contributed by atoms with Crippen LogP contribution in [0, 0.1) is 6.92 Å². The van der Waals surface area contributed by atoms with Crippen LogP contribution in [-0.2, 0) is 19.4 Å². The van der Waals surface area contributed by atoms with Crippen LogP contribution in [0.5, 0.6) is 0 Å². The number of anilines is 1. The minimum absolute atomic E-state index is 0.113. The lowest BCUT2D eigenvalue weighted by Gasteiger charge is -2.40. The molecule has 0 saturated carbocycles. The summed E-state index contributed by atoms with van der Waals surface area (Å²) < 4.78 is 1.86. The van der Waals surface area contributed by atoms with E-state index in [1.54, 1.807) is 0 Å². The van der Waals surface area contributed by atoms with Crippen molar-refractivity contribution in [3.63, 3.8) is 0 Å². The van der Waals surface area contributed by atoms with Crippen molar-refractivity contribution in [2.45, 2.75) is 39.3 Å². The second-order valence-electron chi connectivity index (χ2n) is 10.7. The molecule has 3 heterocycles.